The molecule has 0 fully saturated rings. The summed E-state index contributed by atoms with van der Waals surface area (Å²) in [7, 11) is -3.53. The van der Waals surface area contributed by atoms with E-state index in [0.29, 0.717) is 4.90 Å². The van der Waals surface area contributed by atoms with E-state index in [1.807, 2.05) is 0 Å². The maximum absolute atomic E-state index is 12.8. The third-order valence-corrected chi connectivity index (χ3v) is 5.93. The summed E-state index contributed by atoms with van der Waals surface area (Å²) in [5.41, 5.74) is 0.347. The van der Waals surface area contributed by atoms with Crippen LogP contribution in [-0.2, 0) is 24.2 Å². The van der Waals surface area contributed by atoms with Crippen molar-refractivity contribution in [3.05, 3.63) is 65.2 Å². The number of benzene rings is 2. The van der Waals surface area contributed by atoms with Gasteiger partial charge < -0.3 is 9.47 Å². The van der Waals surface area contributed by atoms with Crippen molar-refractivity contribution in [2.45, 2.75) is 19.4 Å². The van der Waals surface area contributed by atoms with Crippen LogP contribution in [0.15, 0.2) is 48.5 Å². The smallest absolute Gasteiger partial charge is 0.329 e. The summed E-state index contributed by atoms with van der Waals surface area (Å²) < 4.78 is 33.3. The molecule has 0 saturated carbocycles. The molecule has 1 aliphatic heterocycles. The molecular formula is C23H21NO9S. The van der Waals surface area contributed by atoms with E-state index in [-0.39, 0.29) is 28.9 Å². The van der Waals surface area contributed by atoms with Crippen LogP contribution in [0.3, 0.4) is 0 Å². The Kier molecular flexibility index (Phi) is 7.26. The van der Waals surface area contributed by atoms with Crippen molar-refractivity contribution < 1.29 is 41.9 Å². The maximum Gasteiger partial charge on any atom is 0.329 e. The van der Waals surface area contributed by atoms with E-state index in [9.17, 15) is 32.4 Å². The summed E-state index contributed by atoms with van der Waals surface area (Å²) in [6, 6.07) is 9.98. The Balaban J connectivity index is 1.75. The van der Waals surface area contributed by atoms with Gasteiger partial charge in [0.05, 0.1) is 16.9 Å². The van der Waals surface area contributed by atoms with Gasteiger partial charge in [0.2, 0.25) is 0 Å². The van der Waals surface area contributed by atoms with Crippen LogP contribution in [0.1, 0.15) is 44.4 Å². The zero-order valence-electron chi connectivity index (χ0n) is 18.3. The Morgan fingerprint density at radius 2 is 1.50 bits per heavy atom. The number of ketones is 1. The van der Waals surface area contributed by atoms with Crippen LogP contribution in [0.2, 0.25) is 0 Å². The van der Waals surface area contributed by atoms with Crippen LogP contribution >= 0.6 is 0 Å². The van der Waals surface area contributed by atoms with Crippen molar-refractivity contribution in [3.63, 3.8) is 0 Å². The number of imide groups is 1. The molecule has 0 spiro atoms. The van der Waals surface area contributed by atoms with Crippen molar-refractivity contribution in [3.8, 4) is 5.75 Å². The first-order chi connectivity index (χ1) is 16.0. The van der Waals surface area contributed by atoms with E-state index in [4.69, 9.17) is 9.47 Å². The monoisotopic (exact) mass is 487 g/mol. The standard InChI is InChI=1S/C23H21NO9S/c1-14(25)33-16-9-7-15(8-10-16)20(26)13-32-23(29)19(11-12-34(2,30)31)24-21(27)17-5-3-4-6-18(17)22(24)28/h3-10,19H,11-13H2,1-2H3/t19-/m0/s1. The molecule has 0 N–H and O–H groups in total. The third kappa shape index (κ3) is 5.73. The molecule has 1 aliphatic rings. The van der Waals surface area contributed by atoms with Gasteiger partial charge in [-0.2, -0.15) is 0 Å². The first kappa shape index (κ1) is 24.8. The number of ether oxygens (including phenoxy) is 2. The summed E-state index contributed by atoms with van der Waals surface area (Å²) in [4.78, 5) is 62.5. The van der Waals surface area contributed by atoms with Crippen LogP contribution in [0.5, 0.6) is 5.75 Å². The number of hydrogen-bond acceptors (Lipinski definition) is 9. The number of hydrogen-bond donors (Lipinski definition) is 0. The van der Waals surface area contributed by atoms with Gasteiger partial charge in [-0.3, -0.25) is 24.1 Å². The van der Waals surface area contributed by atoms with Gasteiger partial charge in [0, 0.05) is 18.7 Å². The average Bonchev–Trinajstić information content (AvgIpc) is 3.02. The molecule has 2 amide bonds. The first-order valence-corrected chi connectivity index (χ1v) is 12.2. The number of esters is 2. The molecule has 1 heterocycles. The summed E-state index contributed by atoms with van der Waals surface area (Å²) in [6.45, 7) is 0.525. The molecule has 0 radical (unpaired) electrons. The Morgan fingerprint density at radius 1 is 0.941 bits per heavy atom. The molecule has 0 aliphatic carbocycles. The van der Waals surface area contributed by atoms with E-state index in [1.54, 1.807) is 12.1 Å². The fourth-order valence-corrected chi connectivity index (χ4v) is 4.01. The van der Waals surface area contributed by atoms with Crippen molar-refractivity contribution in [2.75, 3.05) is 18.6 Å². The van der Waals surface area contributed by atoms with Crippen molar-refractivity contribution >= 4 is 39.4 Å². The first-order valence-electron chi connectivity index (χ1n) is 10.1. The molecule has 2 aromatic rings. The number of sulfone groups is 1. The highest BCUT2D eigenvalue weighted by Gasteiger charge is 2.43. The van der Waals surface area contributed by atoms with E-state index in [0.717, 1.165) is 6.26 Å². The normalized spacial score (nSPS) is 13.9. The van der Waals surface area contributed by atoms with Gasteiger partial charge in [0.25, 0.3) is 11.8 Å². The highest BCUT2D eigenvalue weighted by atomic mass is 32.2. The Bertz CT molecular complexity index is 1230. The van der Waals surface area contributed by atoms with E-state index in [2.05, 4.69) is 0 Å². The largest absolute Gasteiger partial charge is 0.456 e. The molecule has 2 aromatic carbocycles. The number of carbonyl (C=O) groups excluding carboxylic acids is 5. The van der Waals surface area contributed by atoms with Gasteiger partial charge in [-0.1, -0.05) is 12.1 Å². The molecule has 11 heteroatoms. The minimum Gasteiger partial charge on any atom is -0.456 e. The third-order valence-electron chi connectivity index (χ3n) is 4.95. The van der Waals surface area contributed by atoms with Crippen LogP contribution < -0.4 is 4.74 Å². The minimum absolute atomic E-state index is 0.0913. The quantitative estimate of drug-likeness (QED) is 0.222. The molecule has 178 valence electrons. The number of carbonyl (C=O) groups is 5. The zero-order chi connectivity index (χ0) is 25.0. The lowest BCUT2D eigenvalue weighted by atomic mass is 10.1. The van der Waals surface area contributed by atoms with Gasteiger partial charge in [-0.05, 0) is 42.8 Å². The Hall–Kier alpha value is -3.86. The number of amides is 2. The molecule has 0 bridgehead atoms. The molecule has 1 atom stereocenters. The second-order valence-corrected chi connectivity index (χ2v) is 9.87. The predicted molar refractivity (Wildman–Crippen MR) is 118 cm³/mol. The van der Waals surface area contributed by atoms with Gasteiger partial charge in [0.15, 0.2) is 12.4 Å². The lowest BCUT2D eigenvalue weighted by Crippen LogP contribution is -2.46. The summed E-state index contributed by atoms with van der Waals surface area (Å²) in [5.74, 6) is -3.94. The molecule has 0 aromatic heterocycles. The second kappa shape index (κ2) is 9.96. The number of Topliss-reactive ketones (excluding diaryl/α,β-unsaturated/α-hetero) is 1. The van der Waals surface area contributed by atoms with Crippen LogP contribution in [0.25, 0.3) is 0 Å². The zero-order valence-corrected chi connectivity index (χ0v) is 19.2. The Morgan fingerprint density at radius 3 is 2.00 bits per heavy atom. The van der Waals surface area contributed by atoms with Crippen molar-refractivity contribution in [1.29, 1.82) is 0 Å². The van der Waals surface area contributed by atoms with Crippen LogP contribution in [0, 0.1) is 0 Å². The maximum atomic E-state index is 12.8. The van der Waals surface area contributed by atoms with Crippen LogP contribution in [0.4, 0.5) is 0 Å². The van der Waals surface area contributed by atoms with Gasteiger partial charge in [0.1, 0.15) is 21.6 Å². The van der Waals surface area contributed by atoms with Gasteiger partial charge in [-0.15, -0.1) is 0 Å². The van der Waals surface area contributed by atoms with Crippen molar-refractivity contribution in [1.82, 2.24) is 4.90 Å². The van der Waals surface area contributed by atoms with Gasteiger partial charge >= 0.3 is 11.9 Å². The van der Waals surface area contributed by atoms with E-state index in [1.165, 1.54) is 43.3 Å². The topological polar surface area (TPSA) is 141 Å². The molecule has 3 rings (SSSR count). The fourth-order valence-electron chi connectivity index (χ4n) is 3.36. The van der Waals surface area contributed by atoms with Crippen LogP contribution in [-0.4, -0.2) is 67.5 Å². The lowest BCUT2D eigenvalue weighted by Gasteiger charge is -2.24. The lowest BCUT2D eigenvalue weighted by molar-refractivity contribution is -0.147. The number of rotatable bonds is 9. The fraction of sp³-hybridized carbons (Fsp3) is 0.261. The number of fused-ring (bicyclic) bond motifs is 1. The van der Waals surface area contributed by atoms with Crippen molar-refractivity contribution in [2.24, 2.45) is 0 Å². The average molecular weight is 487 g/mol. The molecule has 34 heavy (non-hydrogen) atoms. The highest BCUT2D eigenvalue weighted by molar-refractivity contribution is 7.90. The summed E-state index contributed by atoms with van der Waals surface area (Å²) >= 11 is 0. The molecule has 0 unspecified atom stereocenters. The highest BCUT2D eigenvalue weighted by Crippen LogP contribution is 2.26. The molecule has 0 saturated heterocycles. The summed E-state index contributed by atoms with van der Waals surface area (Å²) in [5, 5.41) is 0. The van der Waals surface area contributed by atoms with E-state index < -0.39 is 57.8 Å². The minimum atomic E-state index is -3.53. The van der Waals surface area contributed by atoms with Gasteiger partial charge in [-0.25, -0.2) is 13.2 Å². The SMILES string of the molecule is CC(=O)Oc1ccc(C(=O)COC(=O)[C@H](CCS(C)(=O)=O)N2C(=O)c3ccccc3C2=O)cc1. The molecular weight excluding hydrogens is 466 g/mol. The second-order valence-electron chi connectivity index (χ2n) is 7.61. The summed E-state index contributed by atoms with van der Waals surface area (Å²) in [6.07, 6.45) is 0.579. The number of nitrogens with zero attached hydrogens (tertiary/aromatic N) is 1. The Labute approximate surface area is 195 Å². The predicted octanol–water partition coefficient (Wildman–Crippen LogP) is 1.44. The van der Waals surface area contributed by atoms with E-state index >= 15 is 0 Å². The molecule has 10 nitrogen and oxygen atoms in total.